The van der Waals surface area contributed by atoms with Crippen molar-refractivity contribution < 1.29 is 9.53 Å². The summed E-state index contributed by atoms with van der Waals surface area (Å²) in [5.74, 6) is 0.823. The molecule has 1 fully saturated rings. The second kappa shape index (κ2) is 7.13. The average molecular weight is 273 g/mol. The fourth-order valence-electron chi connectivity index (χ4n) is 2.75. The number of hydrogen-bond acceptors (Lipinski definition) is 2. The van der Waals surface area contributed by atoms with Crippen molar-refractivity contribution in [2.45, 2.75) is 44.6 Å². The Kier molecular flexibility index (Phi) is 5.22. The topological polar surface area (TPSA) is 38.3 Å². The maximum atomic E-state index is 12.3. The van der Waals surface area contributed by atoms with Gasteiger partial charge in [-0.05, 0) is 43.0 Å². The Morgan fingerprint density at radius 3 is 2.80 bits per heavy atom. The highest BCUT2D eigenvalue weighted by atomic mass is 16.5. The van der Waals surface area contributed by atoms with Gasteiger partial charge >= 0.3 is 0 Å². The molecule has 1 amide bonds. The van der Waals surface area contributed by atoms with Crippen LogP contribution in [-0.4, -0.2) is 19.1 Å². The molecule has 0 spiro atoms. The number of allylic oxidation sites excluding steroid dienone is 1. The van der Waals surface area contributed by atoms with E-state index in [9.17, 15) is 4.79 Å². The number of ether oxygens (including phenoxy) is 1. The molecule has 0 heterocycles. The van der Waals surface area contributed by atoms with E-state index in [1.54, 1.807) is 7.11 Å². The predicted octanol–water partition coefficient (Wildman–Crippen LogP) is 3.49. The van der Waals surface area contributed by atoms with Gasteiger partial charge in [0, 0.05) is 11.6 Å². The average Bonchev–Trinajstić information content (AvgIpc) is 2.48. The summed E-state index contributed by atoms with van der Waals surface area (Å²) in [4.78, 5) is 12.3. The molecular weight excluding hydrogens is 250 g/mol. The zero-order valence-electron chi connectivity index (χ0n) is 12.2. The minimum Gasteiger partial charge on any atom is -0.496 e. The summed E-state index contributed by atoms with van der Waals surface area (Å²) in [6, 6.07) is 5.91. The number of carbonyl (C=O) groups is 1. The van der Waals surface area contributed by atoms with Gasteiger partial charge in [-0.1, -0.05) is 25.3 Å². The van der Waals surface area contributed by atoms with Gasteiger partial charge in [0.05, 0.1) is 7.11 Å². The predicted molar refractivity (Wildman–Crippen MR) is 81.2 cm³/mol. The van der Waals surface area contributed by atoms with Gasteiger partial charge in [-0.15, -0.1) is 6.58 Å². The SMILES string of the molecule is C=CCc1cc(C(=O)NC2CCCCC2)ccc1OC. The van der Waals surface area contributed by atoms with Crippen LogP contribution in [0.1, 0.15) is 48.0 Å². The molecule has 3 heteroatoms. The van der Waals surface area contributed by atoms with Gasteiger partial charge in [-0.2, -0.15) is 0 Å². The van der Waals surface area contributed by atoms with Gasteiger partial charge in [0.2, 0.25) is 0 Å². The van der Waals surface area contributed by atoms with E-state index in [2.05, 4.69) is 11.9 Å². The lowest BCUT2D eigenvalue weighted by molar-refractivity contribution is 0.0927. The van der Waals surface area contributed by atoms with E-state index in [1.807, 2.05) is 24.3 Å². The van der Waals surface area contributed by atoms with Gasteiger partial charge in [0.25, 0.3) is 5.91 Å². The van der Waals surface area contributed by atoms with Crippen LogP contribution in [0, 0.1) is 0 Å². The Morgan fingerprint density at radius 2 is 2.15 bits per heavy atom. The number of rotatable bonds is 5. The third kappa shape index (κ3) is 3.62. The fraction of sp³-hybridized carbons (Fsp3) is 0.471. The van der Waals surface area contributed by atoms with Crippen LogP contribution in [0.15, 0.2) is 30.9 Å². The van der Waals surface area contributed by atoms with Crippen molar-refractivity contribution in [1.29, 1.82) is 0 Å². The first kappa shape index (κ1) is 14.6. The van der Waals surface area contributed by atoms with Crippen molar-refractivity contribution >= 4 is 5.91 Å². The Morgan fingerprint density at radius 1 is 1.40 bits per heavy atom. The number of benzene rings is 1. The van der Waals surface area contributed by atoms with Gasteiger partial charge in [0.1, 0.15) is 5.75 Å². The molecule has 0 saturated heterocycles. The fourth-order valence-corrected chi connectivity index (χ4v) is 2.75. The van der Waals surface area contributed by atoms with Crippen LogP contribution >= 0.6 is 0 Å². The molecule has 0 atom stereocenters. The molecule has 0 radical (unpaired) electrons. The summed E-state index contributed by atoms with van der Waals surface area (Å²) in [5.41, 5.74) is 1.70. The smallest absolute Gasteiger partial charge is 0.251 e. The molecule has 0 bridgehead atoms. The first-order chi connectivity index (χ1) is 9.74. The molecular formula is C17H23NO2. The van der Waals surface area contributed by atoms with Crippen molar-refractivity contribution in [2.75, 3.05) is 7.11 Å². The highest BCUT2D eigenvalue weighted by Crippen LogP contribution is 2.22. The van der Waals surface area contributed by atoms with Crippen LogP contribution in [0.25, 0.3) is 0 Å². The molecule has 108 valence electrons. The molecule has 1 aromatic rings. The van der Waals surface area contributed by atoms with E-state index < -0.39 is 0 Å². The standard InChI is InChI=1S/C17H23NO2/c1-3-7-13-12-14(10-11-16(13)20-2)17(19)18-15-8-5-4-6-9-15/h3,10-12,15H,1,4-9H2,2H3,(H,18,19). The van der Waals surface area contributed by atoms with Gasteiger partial charge in [-0.3, -0.25) is 4.79 Å². The molecule has 1 N–H and O–H groups in total. The number of hydrogen-bond donors (Lipinski definition) is 1. The van der Waals surface area contributed by atoms with Crippen LogP contribution in [0.4, 0.5) is 0 Å². The third-order valence-corrected chi connectivity index (χ3v) is 3.85. The lowest BCUT2D eigenvalue weighted by Gasteiger charge is -2.23. The van der Waals surface area contributed by atoms with Gasteiger partial charge in [0.15, 0.2) is 0 Å². The lowest BCUT2D eigenvalue weighted by atomic mass is 9.95. The lowest BCUT2D eigenvalue weighted by Crippen LogP contribution is -2.36. The second-order valence-electron chi connectivity index (χ2n) is 5.33. The largest absolute Gasteiger partial charge is 0.496 e. The molecule has 1 saturated carbocycles. The normalized spacial score (nSPS) is 15.7. The van der Waals surface area contributed by atoms with Crippen molar-refractivity contribution in [3.63, 3.8) is 0 Å². The zero-order chi connectivity index (χ0) is 14.4. The Balaban J connectivity index is 2.08. The van der Waals surface area contributed by atoms with Gasteiger partial charge < -0.3 is 10.1 Å². The zero-order valence-corrected chi connectivity index (χ0v) is 12.2. The monoisotopic (exact) mass is 273 g/mol. The number of nitrogens with one attached hydrogen (secondary N) is 1. The molecule has 1 aliphatic rings. The van der Waals surface area contributed by atoms with E-state index >= 15 is 0 Å². The Hall–Kier alpha value is -1.77. The molecule has 0 aromatic heterocycles. The summed E-state index contributed by atoms with van der Waals surface area (Å²) in [6.45, 7) is 3.74. The molecule has 3 nitrogen and oxygen atoms in total. The maximum Gasteiger partial charge on any atom is 0.251 e. The molecule has 1 aromatic carbocycles. The highest BCUT2D eigenvalue weighted by Gasteiger charge is 2.17. The Labute approximate surface area is 121 Å². The maximum absolute atomic E-state index is 12.3. The minimum atomic E-state index is 0.0184. The second-order valence-corrected chi connectivity index (χ2v) is 5.33. The molecule has 2 rings (SSSR count). The van der Waals surface area contributed by atoms with E-state index in [4.69, 9.17) is 4.74 Å². The van der Waals surface area contributed by atoms with Crippen LogP contribution in [0.5, 0.6) is 5.75 Å². The minimum absolute atomic E-state index is 0.0184. The van der Waals surface area contributed by atoms with Crippen molar-refractivity contribution in [3.8, 4) is 5.75 Å². The summed E-state index contributed by atoms with van der Waals surface area (Å²) in [7, 11) is 1.64. The summed E-state index contributed by atoms with van der Waals surface area (Å²) < 4.78 is 5.30. The number of methoxy groups -OCH3 is 1. The third-order valence-electron chi connectivity index (χ3n) is 3.85. The number of carbonyl (C=O) groups excluding carboxylic acids is 1. The molecule has 0 unspecified atom stereocenters. The number of amides is 1. The van der Waals surface area contributed by atoms with Crippen LogP contribution in [-0.2, 0) is 6.42 Å². The van der Waals surface area contributed by atoms with Crippen molar-refractivity contribution in [2.24, 2.45) is 0 Å². The highest BCUT2D eigenvalue weighted by molar-refractivity contribution is 5.94. The van der Waals surface area contributed by atoms with Gasteiger partial charge in [-0.25, -0.2) is 0 Å². The molecule has 20 heavy (non-hydrogen) atoms. The van der Waals surface area contributed by atoms with Crippen LogP contribution in [0.2, 0.25) is 0 Å². The quantitative estimate of drug-likeness (QED) is 0.834. The summed E-state index contributed by atoms with van der Waals surface area (Å²) in [5, 5.41) is 3.14. The van der Waals surface area contributed by atoms with Crippen LogP contribution in [0.3, 0.4) is 0 Å². The Bertz CT molecular complexity index is 476. The van der Waals surface area contributed by atoms with E-state index in [-0.39, 0.29) is 5.91 Å². The van der Waals surface area contributed by atoms with E-state index in [0.29, 0.717) is 18.0 Å². The molecule has 0 aliphatic heterocycles. The van der Waals surface area contributed by atoms with E-state index in [1.165, 1.54) is 19.3 Å². The first-order valence-electron chi connectivity index (χ1n) is 7.33. The molecule has 1 aliphatic carbocycles. The van der Waals surface area contributed by atoms with Crippen molar-refractivity contribution in [3.05, 3.63) is 42.0 Å². The van der Waals surface area contributed by atoms with E-state index in [0.717, 1.165) is 24.2 Å². The summed E-state index contributed by atoms with van der Waals surface area (Å²) in [6.07, 6.45) is 8.44. The summed E-state index contributed by atoms with van der Waals surface area (Å²) >= 11 is 0. The first-order valence-corrected chi connectivity index (χ1v) is 7.33. The van der Waals surface area contributed by atoms with Crippen LogP contribution < -0.4 is 10.1 Å². The van der Waals surface area contributed by atoms with Crippen molar-refractivity contribution in [1.82, 2.24) is 5.32 Å².